The van der Waals surface area contributed by atoms with Gasteiger partial charge in [-0.15, -0.1) is 0 Å². The molecule has 0 heterocycles. The molecule has 0 saturated heterocycles. The van der Waals surface area contributed by atoms with E-state index in [9.17, 15) is 0 Å². The summed E-state index contributed by atoms with van der Waals surface area (Å²) in [6.45, 7) is 2.35. The van der Waals surface area contributed by atoms with Crippen molar-refractivity contribution >= 4 is 0 Å². The zero-order chi connectivity index (χ0) is 9.10. The standard InChI is InChI=1S/C13H24/c1-2-4-13(10-12-7-8-12)9-11-5-3-6-11/h11-13H,2-10H2,1H3. The van der Waals surface area contributed by atoms with Crippen molar-refractivity contribution in [2.45, 2.75) is 64.7 Å². The molecule has 2 saturated carbocycles. The highest BCUT2D eigenvalue weighted by atomic mass is 14.3. The summed E-state index contributed by atoms with van der Waals surface area (Å²) < 4.78 is 0. The van der Waals surface area contributed by atoms with E-state index in [2.05, 4.69) is 6.92 Å². The summed E-state index contributed by atoms with van der Waals surface area (Å²) in [6.07, 6.45) is 13.8. The van der Waals surface area contributed by atoms with E-state index in [1.807, 2.05) is 0 Å². The van der Waals surface area contributed by atoms with Crippen molar-refractivity contribution in [3.8, 4) is 0 Å². The van der Waals surface area contributed by atoms with Crippen molar-refractivity contribution in [2.24, 2.45) is 17.8 Å². The van der Waals surface area contributed by atoms with E-state index in [-0.39, 0.29) is 0 Å². The first kappa shape index (κ1) is 9.55. The van der Waals surface area contributed by atoms with Gasteiger partial charge in [-0.3, -0.25) is 0 Å². The maximum atomic E-state index is 2.35. The van der Waals surface area contributed by atoms with Crippen molar-refractivity contribution in [3.63, 3.8) is 0 Å². The predicted octanol–water partition coefficient (Wildman–Crippen LogP) is 4.39. The molecule has 0 nitrogen and oxygen atoms in total. The van der Waals surface area contributed by atoms with Gasteiger partial charge in [-0.25, -0.2) is 0 Å². The van der Waals surface area contributed by atoms with Crippen LogP contribution < -0.4 is 0 Å². The normalized spacial score (nSPS) is 25.6. The van der Waals surface area contributed by atoms with Crippen LogP contribution in [0.2, 0.25) is 0 Å². The Morgan fingerprint density at radius 3 is 2.00 bits per heavy atom. The number of hydrogen-bond donors (Lipinski definition) is 0. The summed E-state index contributed by atoms with van der Waals surface area (Å²) in [5.41, 5.74) is 0. The second-order valence-corrected chi connectivity index (χ2v) is 5.37. The summed E-state index contributed by atoms with van der Waals surface area (Å²) in [4.78, 5) is 0. The quantitative estimate of drug-likeness (QED) is 0.568. The molecule has 0 heteroatoms. The Kier molecular flexibility index (Phi) is 3.29. The van der Waals surface area contributed by atoms with Crippen LogP contribution in [0.5, 0.6) is 0 Å². The summed E-state index contributed by atoms with van der Waals surface area (Å²) in [7, 11) is 0. The zero-order valence-electron chi connectivity index (χ0n) is 9.10. The average Bonchev–Trinajstić information content (AvgIpc) is 2.81. The molecule has 0 bridgehead atoms. The van der Waals surface area contributed by atoms with Crippen LogP contribution in [0.3, 0.4) is 0 Å². The van der Waals surface area contributed by atoms with E-state index in [0.717, 1.165) is 17.8 Å². The third-order valence-corrected chi connectivity index (χ3v) is 3.95. The van der Waals surface area contributed by atoms with Gasteiger partial charge in [-0.05, 0) is 30.6 Å². The largest absolute Gasteiger partial charge is 0.0654 e. The van der Waals surface area contributed by atoms with Crippen molar-refractivity contribution in [3.05, 3.63) is 0 Å². The van der Waals surface area contributed by atoms with Crippen molar-refractivity contribution in [1.29, 1.82) is 0 Å². The van der Waals surface area contributed by atoms with E-state index >= 15 is 0 Å². The molecule has 1 atom stereocenters. The van der Waals surface area contributed by atoms with Gasteiger partial charge in [-0.2, -0.15) is 0 Å². The molecule has 2 aliphatic carbocycles. The molecule has 13 heavy (non-hydrogen) atoms. The summed E-state index contributed by atoms with van der Waals surface area (Å²) >= 11 is 0. The van der Waals surface area contributed by atoms with E-state index in [0.29, 0.717) is 0 Å². The molecule has 2 aliphatic rings. The minimum Gasteiger partial charge on any atom is -0.0654 e. The van der Waals surface area contributed by atoms with Crippen LogP contribution in [0.25, 0.3) is 0 Å². The third kappa shape index (κ3) is 3.00. The Labute approximate surface area is 83.1 Å². The van der Waals surface area contributed by atoms with E-state index in [1.54, 1.807) is 38.5 Å². The van der Waals surface area contributed by atoms with Crippen molar-refractivity contribution in [1.82, 2.24) is 0 Å². The molecular weight excluding hydrogens is 156 g/mol. The Hall–Kier alpha value is 0. The Morgan fingerprint density at radius 1 is 1.00 bits per heavy atom. The van der Waals surface area contributed by atoms with Gasteiger partial charge in [0.2, 0.25) is 0 Å². The lowest BCUT2D eigenvalue weighted by molar-refractivity contribution is 0.229. The smallest absolute Gasteiger partial charge is 0.0409 e. The molecule has 0 spiro atoms. The summed E-state index contributed by atoms with van der Waals surface area (Å²) in [5, 5.41) is 0. The monoisotopic (exact) mass is 180 g/mol. The Balaban J connectivity index is 1.67. The van der Waals surface area contributed by atoms with Crippen LogP contribution in [-0.4, -0.2) is 0 Å². The zero-order valence-corrected chi connectivity index (χ0v) is 9.10. The average molecular weight is 180 g/mol. The SMILES string of the molecule is CCCC(CC1CCC1)CC1CC1. The minimum absolute atomic E-state index is 1.10. The molecule has 0 amide bonds. The van der Waals surface area contributed by atoms with Crippen LogP contribution >= 0.6 is 0 Å². The maximum Gasteiger partial charge on any atom is -0.0409 e. The minimum atomic E-state index is 1.10. The lowest BCUT2D eigenvalue weighted by Gasteiger charge is -2.29. The second-order valence-electron chi connectivity index (χ2n) is 5.37. The number of rotatable bonds is 6. The molecule has 0 aromatic heterocycles. The van der Waals surface area contributed by atoms with E-state index < -0.39 is 0 Å². The maximum absolute atomic E-state index is 2.35. The molecule has 0 N–H and O–H groups in total. The van der Waals surface area contributed by atoms with E-state index in [1.165, 1.54) is 19.3 Å². The molecule has 0 aromatic rings. The summed E-state index contributed by atoms with van der Waals surface area (Å²) in [6, 6.07) is 0. The van der Waals surface area contributed by atoms with Gasteiger partial charge in [-0.1, -0.05) is 51.9 Å². The fourth-order valence-electron chi connectivity index (χ4n) is 2.77. The topological polar surface area (TPSA) is 0 Å². The van der Waals surface area contributed by atoms with Gasteiger partial charge in [0.25, 0.3) is 0 Å². The fraction of sp³-hybridized carbons (Fsp3) is 1.00. The highest BCUT2D eigenvalue weighted by molar-refractivity contribution is 4.80. The van der Waals surface area contributed by atoms with Crippen molar-refractivity contribution < 1.29 is 0 Å². The highest BCUT2D eigenvalue weighted by Crippen LogP contribution is 2.41. The first-order valence-electron chi connectivity index (χ1n) is 6.38. The molecule has 0 aromatic carbocycles. The van der Waals surface area contributed by atoms with Gasteiger partial charge in [0.1, 0.15) is 0 Å². The van der Waals surface area contributed by atoms with Crippen LogP contribution in [-0.2, 0) is 0 Å². The van der Waals surface area contributed by atoms with Crippen LogP contribution in [0.1, 0.15) is 64.7 Å². The van der Waals surface area contributed by atoms with Gasteiger partial charge in [0.05, 0.1) is 0 Å². The van der Waals surface area contributed by atoms with Crippen molar-refractivity contribution in [2.75, 3.05) is 0 Å². The molecule has 76 valence electrons. The van der Waals surface area contributed by atoms with Crippen LogP contribution in [0.4, 0.5) is 0 Å². The Bertz CT molecular complexity index is 142. The number of hydrogen-bond acceptors (Lipinski definition) is 0. The lowest BCUT2D eigenvalue weighted by atomic mass is 9.76. The fourth-order valence-corrected chi connectivity index (χ4v) is 2.77. The molecule has 0 aliphatic heterocycles. The highest BCUT2D eigenvalue weighted by Gasteiger charge is 2.28. The molecule has 1 unspecified atom stereocenters. The van der Waals surface area contributed by atoms with Gasteiger partial charge < -0.3 is 0 Å². The van der Waals surface area contributed by atoms with Gasteiger partial charge in [0, 0.05) is 0 Å². The van der Waals surface area contributed by atoms with Crippen LogP contribution in [0, 0.1) is 17.8 Å². The molecule has 2 rings (SSSR count). The van der Waals surface area contributed by atoms with E-state index in [4.69, 9.17) is 0 Å². The molecule has 0 radical (unpaired) electrons. The second kappa shape index (κ2) is 4.48. The van der Waals surface area contributed by atoms with Gasteiger partial charge in [0.15, 0.2) is 0 Å². The lowest BCUT2D eigenvalue weighted by Crippen LogP contribution is -2.16. The molecular formula is C13H24. The Morgan fingerprint density at radius 2 is 1.62 bits per heavy atom. The predicted molar refractivity (Wildman–Crippen MR) is 57.7 cm³/mol. The van der Waals surface area contributed by atoms with Crippen LogP contribution in [0.15, 0.2) is 0 Å². The first-order valence-corrected chi connectivity index (χ1v) is 6.38. The first-order chi connectivity index (χ1) is 6.38. The molecule has 2 fully saturated rings. The summed E-state index contributed by atoms with van der Waals surface area (Å²) in [5.74, 6) is 3.38. The third-order valence-electron chi connectivity index (χ3n) is 3.95. The van der Waals surface area contributed by atoms with Gasteiger partial charge >= 0.3 is 0 Å².